The van der Waals surface area contributed by atoms with Gasteiger partial charge in [-0.05, 0) is 45.4 Å². The van der Waals surface area contributed by atoms with Crippen LogP contribution in [-0.4, -0.2) is 30.1 Å². The van der Waals surface area contributed by atoms with E-state index in [0.29, 0.717) is 30.4 Å². The van der Waals surface area contributed by atoms with Gasteiger partial charge < -0.3 is 4.52 Å². The molecule has 0 saturated carbocycles. The van der Waals surface area contributed by atoms with Crippen molar-refractivity contribution in [3.05, 3.63) is 40.7 Å². The van der Waals surface area contributed by atoms with Crippen molar-refractivity contribution in [1.29, 1.82) is 0 Å². The van der Waals surface area contributed by atoms with E-state index in [0.717, 1.165) is 11.4 Å². The highest BCUT2D eigenvalue weighted by Gasteiger charge is 2.12. The molecular formula is C15H18N6O. The van der Waals surface area contributed by atoms with Gasteiger partial charge in [0.1, 0.15) is 5.69 Å². The molecule has 3 aromatic heterocycles. The lowest BCUT2D eigenvalue weighted by Gasteiger charge is -2.01. The van der Waals surface area contributed by atoms with Gasteiger partial charge in [0, 0.05) is 18.7 Å². The van der Waals surface area contributed by atoms with Gasteiger partial charge in [-0.3, -0.25) is 4.68 Å². The maximum absolute atomic E-state index is 5.28. The second-order valence-electron chi connectivity index (χ2n) is 5.34. The zero-order valence-corrected chi connectivity index (χ0v) is 13.2. The molecule has 0 unspecified atom stereocenters. The van der Waals surface area contributed by atoms with E-state index < -0.39 is 0 Å². The Morgan fingerprint density at radius 1 is 1.09 bits per heavy atom. The average Bonchev–Trinajstić information content (AvgIpc) is 3.07. The van der Waals surface area contributed by atoms with E-state index in [1.165, 1.54) is 11.3 Å². The second kappa shape index (κ2) is 5.67. The standard InChI is InChI=1S/C15H18N6O/c1-9-5-6-13(18-17-9)15-16-14(22-20-15)7-8-21-12(4)10(2)11(3)19-21/h5-6H,7-8H2,1-4H3. The molecular weight excluding hydrogens is 280 g/mol. The van der Waals surface area contributed by atoms with E-state index in [4.69, 9.17) is 4.52 Å². The van der Waals surface area contributed by atoms with Gasteiger partial charge >= 0.3 is 0 Å². The topological polar surface area (TPSA) is 82.5 Å². The van der Waals surface area contributed by atoms with Crippen LogP contribution < -0.4 is 0 Å². The van der Waals surface area contributed by atoms with Crippen molar-refractivity contribution < 1.29 is 4.52 Å². The van der Waals surface area contributed by atoms with Crippen LogP contribution in [0, 0.1) is 27.7 Å². The monoisotopic (exact) mass is 298 g/mol. The Bertz CT molecular complexity index is 787. The van der Waals surface area contributed by atoms with Gasteiger partial charge in [0.25, 0.3) is 0 Å². The van der Waals surface area contributed by atoms with Crippen molar-refractivity contribution in [3.8, 4) is 11.5 Å². The lowest BCUT2D eigenvalue weighted by molar-refractivity contribution is 0.368. The summed E-state index contributed by atoms with van der Waals surface area (Å²) in [6, 6.07) is 3.71. The van der Waals surface area contributed by atoms with Crippen LogP contribution in [0.3, 0.4) is 0 Å². The molecule has 0 atom stereocenters. The molecule has 22 heavy (non-hydrogen) atoms. The fraction of sp³-hybridized carbons (Fsp3) is 0.400. The molecule has 0 saturated heterocycles. The molecule has 114 valence electrons. The second-order valence-corrected chi connectivity index (χ2v) is 5.34. The van der Waals surface area contributed by atoms with E-state index in [2.05, 4.69) is 39.3 Å². The number of hydrogen-bond acceptors (Lipinski definition) is 6. The molecule has 0 aliphatic heterocycles. The lowest BCUT2D eigenvalue weighted by Crippen LogP contribution is -2.05. The Kier molecular flexibility index (Phi) is 3.70. The highest BCUT2D eigenvalue weighted by Crippen LogP contribution is 2.14. The van der Waals surface area contributed by atoms with Gasteiger partial charge in [-0.1, -0.05) is 5.16 Å². The molecule has 0 spiro atoms. The van der Waals surface area contributed by atoms with Crippen LogP contribution in [0.15, 0.2) is 16.7 Å². The summed E-state index contributed by atoms with van der Waals surface area (Å²) in [5, 5.41) is 16.5. The highest BCUT2D eigenvalue weighted by molar-refractivity contribution is 5.46. The molecule has 3 heterocycles. The van der Waals surface area contributed by atoms with Crippen molar-refractivity contribution >= 4 is 0 Å². The lowest BCUT2D eigenvalue weighted by atomic mass is 10.2. The van der Waals surface area contributed by atoms with Gasteiger partial charge in [0.15, 0.2) is 0 Å². The maximum atomic E-state index is 5.28. The summed E-state index contributed by atoms with van der Waals surface area (Å²) in [5.41, 5.74) is 4.91. The van der Waals surface area contributed by atoms with Gasteiger partial charge in [0.05, 0.1) is 11.4 Å². The minimum absolute atomic E-state index is 0.465. The van der Waals surface area contributed by atoms with Crippen LogP contribution in [0.2, 0.25) is 0 Å². The summed E-state index contributed by atoms with van der Waals surface area (Å²) in [5.74, 6) is 1.04. The number of nitrogens with zero attached hydrogens (tertiary/aromatic N) is 6. The number of aromatic nitrogens is 6. The third kappa shape index (κ3) is 2.74. The summed E-state index contributed by atoms with van der Waals surface area (Å²) < 4.78 is 7.25. The molecule has 0 aliphatic rings. The predicted octanol–water partition coefficient (Wildman–Crippen LogP) is 2.20. The summed E-state index contributed by atoms with van der Waals surface area (Å²) in [6.07, 6.45) is 0.633. The molecule has 0 amide bonds. The number of rotatable bonds is 4. The van der Waals surface area contributed by atoms with Crippen molar-refractivity contribution in [2.24, 2.45) is 0 Å². The van der Waals surface area contributed by atoms with Crippen LogP contribution in [0.25, 0.3) is 11.5 Å². The predicted molar refractivity (Wildman–Crippen MR) is 80.2 cm³/mol. The summed E-state index contributed by atoms with van der Waals surface area (Å²) in [7, 11) is 0. The summed E-state index contributed by atoms with van der Waals surface area (Å²) in [4.78, 5) is 4.36. The van der Waals surface area contributed by atoms with E-state index in [9.17, 15) is 0 Å². The third-order valence-electron chi connectivity index (χ3n) is 3.78. The van der Waals surface area contributed by atoms with Crippen molar-refractivity contribution in [2.75, 3.05) is 0 Å². The van der Waals surface area contributed by atoms with Gasteiger partial charge in [0.2, 0.25) is 11.7 Å². The zero-order chi connectivity index (χ0) is 15.7. The normalized spacial score (nSPS) is 11.1. The third-order valence-corrected chi connectivity index (χ3v) is 3.78. The van der Waals surface area contributed by atoms with Crippen molar-refractivity contribution in [1.82, 2.24) is 30.1 Å². The number of aryl methyl sites for hydroxylation is 4. The molecule has 0 aromatic carbocycles. The van der Waals surface area contributed by atoms with Crippen molar-refractivity contribution in [3.63, 3.8) is 0 Å². The van der Waals surface area contributed by atoms with Gasteiger partial charge in [-0.25, -0.2) is 0 Å². The van der Waals surface area contributed by atoms with Crippen molar-refractivity contribution in [2.45, 2.75) is 40.7 Å². The molecule has 0 aliphatic carbocycles. The Labute approximate surface area is 128 Å². The molecule has 3 rings (SSSR count). The molecule has 0 N–H and O–H groups in total. The minimum Gasteiger partial charge on any atom is -0.339 e. The summed E-state index contributed by atoms with van der Waals surface area (Å²) in [6.45, 7) is 8.75. The number of hydrogen-bond donors (Lipinski definition) is 0. The first-order valence-corrected chi connectivity index (χ1v) is 7.18. The average molecular weight is 298 g/mol. The van der Waals surface area contributed by atoms with Crippen LogP contribution in [0.4, 0.5) is 0 Å². The minimum atomic E-state index is 0.465. The maximum Gasteiger partial charge on any atom is 0.228 e. The smallest absolute Gasteiger partial charge is 0.228 e. The molecule has 0 bridgehead atoms. The van der Waals surface area contributed by atoms with Crippen LogP contribution >= 0.6 is 0 Å². The largest absolute Gasteiger partial charge is 0.339 e. The molecule has 7 heteroatoms. The zero-order valence-electron chi connectivity index (χ0n) is 13.2. The first kappa shape index (κ1) is 14.4. The first-order chi connectivity index (χ1) is 10.5. The fourth-order valence-corrected chi connectivity index (χ4v) is 2.18. The SMILES string of the molecule is Cc1ccc(-c2noc(CCn3nc(C)c(C)c3C)n2)nn1. The molecule has 3 aromatic rings. The van der Waals surface area contributed by atoms with E-state index in [-0.39, 0.29) is 0 Å². The van der Waals surface area contributed by atoms with Gasteiger partial charge in [-0.2, -0.15) is 15.2 Å². The molecule has 0 radical (unpaired) electrons. The fourth-order valence-electron chi connectivity index (χ4n) is 2.18. The van der Waals surface area contributed by atoms with E-state index in [1.807, 2.05) is 30.7 Å². The van der Waals surface area contributed by atoms with Crippen LogP contribution in [0.1, 0.15) is 28.5 Å². The Balaban J connectivity index is 1.72. The van der Waals surface area contributed by atoms with E-state index >= 15 is 0 Å². The summed E-state index contributed by atoms with van der Waals surface area (Å²) >= 11 is 0. The molecule has 7 nitrogen and oxygen atoms in total. The quantitative estimate of drug-likeness (QED) is 0.734. The van der Waals surface area contributed by atoms with E-state index in [1.54, 1.807) is 0 Å². The van der Waals surface area contributed by atoms with Gasteiger partial charge in [-0.15, -0.1) is 5.10 Å². The Morgan fingerprint density at radius 2 is 1.91 bits per heavy atom. The Morgan fingerprint density at radius 3 is 2.55 bits per heavy atom. The first-order valence-electron chi connectivity index (χ1n) is 7.18. The molecule has 0 fully saturated rings. The van der Waals surface area contributed by atoms with Crippen LogP contribution in [-0.2, 0) is 13.0 Å². The Hall–Kier alpha value is -2.57. The highest BCUT2D eigenvalue weighted by atomic mass is 16.5. The van der Waals surface area contributed by atoms with Crippen LogP contribution in [0.5, 0.6) is 0 Å².